The van der Waals surface area contributed by atoms with E-state index >= 15 is 0 Å². The number of carbonyl (C=O) groups excluding carboxylic acids is 4. The number of nitro groups is 1. The molecule has 2 aromatic rings. The summed E-state index contributed by atoms with van der Waals surface area (Å²) in [5, 5.41) is 12.6. The Morgan fingerprint density at radius 2 is 1.64 bits per heavy atom. The fourth-order valence-corrected chi connectivity index (χ4v) is 6.35. The minimum absolute atomic E-state index is 0.114. The molecule has 3 fully saturated rings. The Labute approximate surface area is 214 Å². The molecule has 2 bridgehead atoms. The number of nitrogens with zero attached hydrogens (tertiary/aromatic N) is 2. The molecule has 36 heavy (non-hydrogen) atoms. The zero-order valence-electron chi connectivity index (χ0n) is 18.5. The number of hydrogen-bond donors (Lipinski definition) is 1. The summed E-state index contributed by atoms with van der Waals surface area (Å²) >= 11 is 12.8. The SMILES string of the molecule is O=C(COC(=O)c1ccc(N2C(=O)[C@@H]3[C@H]4C[C@@H]([C@H](Cl)[C@@H]4Cl)[C@@H]3C2=O)cc1)Nc1cccc([N+](=O)[O-])c1. The molecule has 0 unspecified atom stereocenters. The van der Waals surface area contributed by atoms with Crippen LogP contribution in [0.15, 0.2) is 48.5 Å². The molecule has 3 amide bonds. The molecular weight excluding hydrogens is 513 g/mol. The Kier molecular flexibility index (Phi) is 6.17. The topological polar surface area (TPSA) is 136 Å². The molecule has 1 aliphatic heterocycles. The number of alkyl halides is 2. The van der Waals surface area contributed by atoms with Crippen molar-refractivity contribution in [2.45, 2.75) is 17.2 Å². The van der Waals surface area contributed by atoms with Crippen LogP contribution in [-0.2, 0) is 19.1 Å². The Morgan fingerprint density at radius 3 is 2.22 bits per heavy atom. The van der Waals surface area contributed by atoms with Crippen LogP contribution < -0.4 is 10.2 Å². The van der Waals surface area contributed by atoms with Crippen LogP contribution in [0.3, 0.4) is 0 Å². The smallest absolute Gasteiger partial charge is 0.338 e. The number of rotatable bonds is 6. The van der Waals surface area contributed by atoms with E-state index < -0.39 is 35.2 Å². The Hall–Kier alpha value is -3.50. The molecule has 2 saturated carbocycles. The van der Waals surface area contributed by atoms with Crippen LogP contribution in [0.25, 0.3) is 0 Å². The van der Waals surface area contributed by atoms with Crippen LogP contribution in [0.4, 0.5) is 17.1 Å². The first kappa shape index (κ1) is 24.2. The second kappa shape index (κ2) is 9.18. The van der Waals surface area contributed by atoms with Gasteiger partial charge in [0.15, 0.2) is 6.61 Å². The van der Waals surface area contributed by atoms with Gasteiger partial charge in [0.05, 0.1) is 38.8 Å². The second-order valence-electron chi connectivity index (χ2n) is 8.99. The van der Waals surface area contributed by atoms with E-state index in [1.54, 1.807) is 0 Å². The third kappa shape index (κ3) is 4.00. The maximum Gasteiger partial charge on any atom is 0.338 e. The van der Waals surface area contributed by atoms with Crippen LogP contribution in [0.5, 0.6) is 0 Å². The van der Waals surface area contributed by atoms with Gasteiger partial charge in [-0.15, -0.1) is 23.2 Å². The molecule has 5 rings (SSSR count). The maximum atomic E-state index is 13.1. The lowest BCUT2D eigenvalue weighted by atomic mass is 9.80. The zero-order valence-corrected chi connectivity index (χ0v) is 20.0. The van der Waals surface area contributed by atoms with Gasteiger partial charge in [-0.05, 0) is 48.6 Å². The molecule has 1 N–H and O–H groups in total. The average Bonchev–Trinajstić information content (AvgIpc) is 3.47. The van der Waals surface area contributed by atoms with Gasteiger partial charge in [-0.3, -0.25) is 29.4 Å². The van der Waals surface area contributed by atoms with Gasteiger partial charge in [-0.1, -0.05) is 6.07 Å². The highest BCUT2D eigenvalue weighted by Crippen LogP contribution is 2.59. The van der Waals surface area contributed by atoms with E-state index in [1.165, 1.54) is 48.5 Å². The molecular formula is C24H19Cl2N3O7. The lowest BCUT2D eigenvalue weighted by molar-refractivity contribution is -0.384. The number of esters is 1. The van der Waals surface area contributed by atoms with Crippen LogP contribution >= 0.6 is 23.2 Å². The minimum Gasteiger partial charge on any atom is -0.452 e. The second-order valence-corrected chi connectivity index (χ2v) is 10.0. The third-order valence-corrected chi connectivity index (χ3v) is 8.34. The first-order chi connectivity index (χ1) is 17.2. The predicted molar refractivity (Wildman–Crippen MR) is 129 cm³/mol. The summed E-state index contributed by atoms with van der Waals surface area (Å²) in [4.78, 5) is 62.0. The molecule has 2 aromatic carbocycles. The van der Waals surface area contributed by atoms with Crippen molar-refractivity contribution in [2.75, 3.05) is 16.8 Å². The number of hydrogen-bond acceptors (Lipinski definition) is 7. The average molecular weight is 532 g/mol. The molecule has 10 nitrogen and oxygen atoms in total. The molecule has 6 atom stereocenters. The number of halogens is 2. The van der Waals surface area contributed by atoms with Crippen molar-refractivity contribution >= 4 is 64.0 Å². The molecule has 12 heteroatoms. The van der Waals surface area contributed by atoms with Crippen LogP contribution in [0, 0.1) is 33.8 Å². The van der Waals surface area contributed by atoms with E-state index in [0.717, 1.165) is 4.90 Å². The summed E-state index contributed by atoms with van der Waals surface area (Å²) in [5.74, 6) is -3.30. The number of amides is 3. The van der Waals surface area contributed by atoms with Gasteiger partial charge in [-0.2, -0.15) is 0 Å². The summed E-state index contributed by atoms with van der Waals surface area (Å²) in [5.41, 5.74) is 0.439. The van der Waals surface area contributed by atoms with E-state index in [0.29, 0.717) is 12.1 Å². The fraction of sp³-hybridized carbons (Fsp3) is 0.333. The normalized spacial score (nSPS) is 28.2. The first-order valence-corrected chi connectivity index (χ1v) is 12.0. The zero-order chi connectivity index (χ0) is 25.7. The number of ether oxygens (including phenoxy) is 1. The van der Waals surface area contributed by atoms with Gasteiger partial charge in [0.25, 0.3) is 11.6 Å². The summed E-state index contributed by atoms with van der Waals surface area (Å²) in [6, 6.07) is 11.1. The first-order valence-electron chi connectivity index (χ1n) is 11.1. The van der Waals surface area contributed by atoms with Crippen molar-refractivity contribution in [3.05, 3.63) is 64.2 Å². The number of nitrogens with one attached hydrogen (secondary N) is 1. The van der Waals surface area contributed by atoms with Crippen molar-refractivity contribution in [3.63, 3.8) is 0 Å². The largest absolute Gasteiger partial charge is 0.452 e. The van der Waals surface area contributed by atoms with Crippen molar-refractivity contribution < 1.29 is 28.8 Å². The van der Waals surface area contributed by atoms with Crippen molar-refractivity contribution in [1.29, 1.82) is 0 Å². The fourth-order valence-electron chi connectivity index (χ4n) is 5.46. The van der Waals surface area contributed by atoms with Crippen LogP contribution in [0.1, 0.15) is 16.8 Å². The summed E-state index contributed by atoms with van der Waals surface area (Å²) < 4.78 is 5.01. The predicted octanol–water partition coefficient (Wildman–Crippen LogP) is 3.36. The van der Waals surface area contributed by atoms with Gasteiger partial charge in [0, 0.05) is 17.8 Å². The molecule has 1 heterocycles. The molecule has 0 radical (unpaired) electrons. The number of benzene rings is 2. The van der Waals surface area contributed by atoms with Crippen molar-refractivity contribution in [2.24, 2.45) is 23.7 Å². The van der Waals surface area contributed by atoms with E-state index in [2.05, 4.69) is 5.32 Å². The van der Waals surface area contributed by atoms with Crippen LogP contribution in [-0.4, -0.2) is 46.0 Å². The molecule has 1 saturated heterocycles. The Balaban J connectivity index is 1.20. The van der Waals surface area contributed by atoms with Crippen molar-refractivity contribution in [1.82, 2.24) is 0 Å². The van der Waals surface area contributed by atoms with Crippen LogP contribution in [0.2, 0.25) is 0 Å². The highest BCUT2D eigenvalue weighted by molar-refractivity contribution is 6.32. The minimum atomic E-state index is -0.792. The number of nitro benzene ring substituents is 1. The molecule has 3 aliphatic rings. The standard InChI is InChI=1S/C24H19Cl2N3O7/c25-20-15-9-16(21(20)26)19-18(15)22(31)28(23(19)32)13-6-4-11(5-7-13)24(33)36-10-17(30)27-12-2-1-3-14(8-12)29(34)35/h1-8,15-16,18-21H,9-10H2,(H,27,30)/t15-,16-,18-,19+,20-,21+/m1/s1. The third-order valence-electron chi connectivity index (χ3n) is 7.02. The molecule has 0 aromatic heterocycles. The number of carbonyl (C=O) groups is 4. The number of anilines is 2. The highest BCUT2D eigenvalue weighted by atomic mass is 35.5. The monoisotopic (exact) mass is 531 g/mol. The summed E-state index contributed by atoms with van der Waals surface area (Å²) in [7, 11) is 0. The number of imide groups is 1. The van der Waals surface area contributed by atoms with Gasteiger partial charge >= 0.3 is 5.97 Å². The van der Waals surface area contributed by atoms with E-state index in [9.17, 15) is 29.3 Å². The summed E-state index contributed by atoms with van der Waals surface area (Å²) in [6.45, 7) is -0.613. The quantitative estimate of drug-likeness (QED) is 0.198. The van der Waals surface area contributed by atoms with Gasteiger partial charge in [-0.25, -0.2) is 4.79 Å². The lowest BCUT2D eigenvalue weighted by Crippen LogP contribution is -2.37. The number of non-ortho nitro benzene ring substituents is 1. The van der Waals surface area contributed by atoms with Gasteiger partial charge in [0.1, 0.15) is 0 Å². The molecule has 2 aliphatic carbocycles. The Bertz CT molecular complexity index is 1250. The molecule has 186 valence electrons. The van der Waals surface area contributed by atoms with E-state index in [4.69, 9.17) is 27.9 Å². The van der Waals surface area contributed by atoms with Gasteiger partial charge < -0.3 is 10.1 Å². The van der Waals surface area contributed by atoms with E-state index in [1.807, 2.05) is 0 Å². The van der Waals surface area contributed by atoms with E-state index in [-0.39, 0.29) is 51.3 Å². The summed E-state index contributed by atoms with van der Waals surface area (Å²) in [6.07, 6.45) is 0.669. The highest BCUT2D eigenvalue weighted by Gasteiger charge is 2.66. The lowest BCUT2D eigenvalue weighted by Gasteiger charge is -2.28. The molecule has 0 spiro atoms. The Morgan fingerprint density at radius 1 is 1.03 bits per heavy atom. The number of fused-ring (bicyclic) bond motifs is 5. The van der Waals surface area contributed by atoms with Crippen molar-refractivity contribution in [3.8, 4) is 0 Å². The maximum absolute atomic E-state index is 13.1. The van der Waals surface area contributed by atoms with Gasteiger partial charge in [0.2, 0.25) is 11.8 Å².